The summed E-state index contributed by atoms with van der Waals surface area (Å²) in [6.07, 6.45) is 1.64. The Morgan fingerprint density at radius 1 is 1.25 bits per heavy atom. The van der Waals surface area contributed by atoms with E-state index in [1.54, 1.807) is 12.1 Å². The van der Waals surface area contributed by atoms with Gasteiger partial charge in [0.25, 0.3) is 0 Å². The van der Waals surface area contributed by atoms with Crippen LogP contribution >= 0.6 is 0 Å². The molecule has 1 fully saturated rings. The van der Waals surface area contributed by atoms with Crippen LogP contribution in [0.15, 0.2) is 30.9 Å². The summed E-state index contributed by atoms with van der Waals surface area (Å²) in [7, 11) is -0.643. The molecule has 1 saturated heterocycles. The van der Waals surface area contributed by atoms with E-state index < -0.39 is 18.3 Å². The molecular formula is C15H20BFO3. The molecule has 1 heterocycles. The van der Waals surface area contributed by atoms with E-state index in [4.69, 9.17) is 14.0 Å². The summed E-state index contributed by atoms with van der Waals surface area (Å²) in [6.45, 7) is 11.8. The van der Waals surface area contributed by atoms with Crippen LogP contribution in [-0.2, 0) is 9.31 Å². The van der Waals surface area contributed by atoms with Crippen LogP contribution in [0.3, 0.4) is 0 Å². The SMILES string of the molecule is C=CCOc1ccc(F)cc1B1OC(C)(C)C(C)(C)O1. The summed E-state index contributed by atoms with van der Waals surface area (Å²) in [4.78, 5) is 0. The fourth-order valence-electron chi connectivity index (χ4n) is 1.95. The Hall–Kier alpha value is -1.33. The van der Waals surface area contributed by atoms with Crippen molar-refractivity contribution in [2.75, 3.05) is 6.61 Å². The first kappa shape index (κ1) is 15.1. The van der Waals surface area contributed by atoms with Crippen molar-refractivity contribution in [3.63, 3.8) is 0 Å². The molecule has 3 nitrogen and oxygen atoms in total. The van der Waals surface area contributed by atoms with Crippen LogP contribution in [0.1, 0.15) is 27.7 Å². The molecule has 0 N–H and O–H groups in total. The molecular weight excluding hydrogens is 258 g/mol. The molecule has 1 aromatic carbocycles. The van der Waals surface area contributed by atoms with Gasteiger partial charge in [0.15, 0.2) is 0 Å². The smallest absolute Gasteiger partial charge is 0.490 e. The first-order valence-electron chi connectivity index (χ1n) is 6.65. The van der Waals surface area contributed by atoms with Crippen molar-refractivity contribution in [3.8, 4) is 5.75 Å². The third-order valence-electron chi connectivity index (χ3n) is 3.84. The average Bonchev–Trinajstić information content (AvgIpc) is 2.57. The molecule has 0 spiro atoms. The van der Waals surface area contributed by atoms with Crippen LogP contribution in [0.5, 0.6) is 5.75 Å². The van der Waals surface area contributed by atoms with Gasteiger partial charge in [0.2, 0.25) is 0 Å². The lowest BCUT2D eigenvalue weighted by Gasteiger charge is -2.32. The molecule has 0 bridgehead atoms. The van der Waals surface area contributed by atoms with E-state index in [0.717, 1.165) is 0 Å². The largest absolute Gasteiger partial charge is 0.498 e. The number of rotatable bonds is 4. The Balaban J connectivity index is 2.33. The molecule has 1 aliphatic rings. The molecule has 1 aromatic rings. The highest BCUT2D eigenvalue weighted by molar-refractivity contribution is 6.63. The minimum absolute atomic E-state index is 0.345. The van der Waals surface area contributed by atoms with Gasteiger partial charge in [0.1, 0.15) is 18.2 Å². The molecule has 20 heavy (non-hydrogen) atoms. The maximum Gasteiger partial charge on any atom is 0.498 e. The van der Waals surface area contributed by atoms with Crippen LogP contribution in [-0.4, -0.2) is 24.9 Å². The molecule has 0 amide bonds. The fraction of sp³-hybridized carbons (Fsp3) is 0.467. The van der Waals surface area contributed by atoms with Gasteiger partial charge in [-0.1, -0.05) is 12.7 Å². The molecule has 5 heteroatoms. The number of benzene rings is 1. The van der Waals surface area contributed by atoms with Crippen LogP contribution < -0.4 is 10.2 Å². The minimum atomic E-state index is -0.643. The molecule has 1 aliphatic heterocycles. The molecule has 0 radical (unpaired) electrons. The molecule has 0 aromatic heterocycles. The molecule has 0 aliphatic carbocycles. The maximum absolute atomic E-state index is 13.5. The molecule has 0 atom stereocenters. The summed E-state index contributed by atoms with van der Waals surface area (Å²) in [5, 5.41) is 0. The van der Waals surface area contributed by atoms with Gasteiger partial charge in [-0.05, 0) is 45.9 Å². The van der Waals surface area contributed by atoms with Gasteiger partial charge < -0.3 is 14.0 Å². The second-order valence-electron chi connectivity index (χ2n) is 5.87. The number of hydrogen-bond donors (Lipinski definition) is 0. The van der Waals surface area contributed by atoms with Gasteiger partial charge in [0, 0.05) is 5.46 Å². The molecule has 0 unspecified atom stereocenters. The van der Waals surface area contributed by atoms with Crippen molar-refractivity contribution < 1.29 is 18.4 Å². The molecule has 108 valence electrons. The van der Waals surface area contributed by atoms with E-state index in [1.165, 1.54) is 12.1 Å². The first-order valence-corrected chi connectivity index (χ1v) is 6.65. The Labute approximate surface area is 119 Å². The highest BCUT2D eigenvalue weighted by Crippen LogP contribution is 2.37. The number of ether oxygens (including phenoxy) is 1. The monoisotopic (exact) mass is 278 g/mol. The molecule has 2 rings (SSSR count). The zero-order valence-corrected chi connectivity index (χ0v) is 12.4. The summed E-state index contributed by atoms with van der Waals surface area (Å²) in [6, 6.07) is 4.33. The number of halogens is 1. The number of hydrogen-bond acceptors (Lipinski definition) is 3. The zero-order chi connectivity index (χ0) is 15.0. The van der Waals surface area contributed by atoms with E-state index >= 15 is 0 Å². The van der Waals surface area contributed by atoms with Crippen LogP contribution in [0.2, 0.25) is 0 Å². The van der Waals surface area contributed by atoms with E-state index in [9.17, 15) is 4.39 Å². The van der Waals surface area contributed by atoms with Crippen molar-refractivity contribution >= 4 is 12.6 Å². The third-order valence-corrected chi connectivity index (χ3v) is 3.84. The first-order chi connectivity index (χ1) is 9.27. The van der Waals surface area contributed by atoms with Crippen molar-refractivity contribution in [1.82, 2.24) is 0 Å². The Morgan fingerprint density at radius 2 is 1.85 bits per heavy atom. The lowest BCUT2D eigenvalue weighted by Crippen LogP contribution is -2.41. The zero-order valence-electron chi connectivity index (χ0n) is 12.4. The predicted molar refractivity (Wildman–Crippen MR) is 77.8 cm³/mol. The van der Waals surface area contributed by atoms with Crippen LogP contribution in [0, 0.1) is 5.82 Å². The third kappa shape index (κ3) is 2.74. The second-order valence-corrected chi connectivity index (χ2v) is 5.87. The summed E-state index contributed by atoms with van der Waals surface area (Å²) in [5.74, 6) is 0.200. The van der Waals surface area contributed by atoms with Crippen molar-refractivity contribution in [2.45, 2.75) is 38.9 Å². The van der Waals surface area contributed by atoms with Gasteiger partial charge in [-0.2, -0.15) is 0 Å². The standard InChI is InChI=1S/C15H20BFO3/c1-6-9-18-13-8-7-11(17)10-12(13)16-19-14(2,3)15(4,5)20-16/h6-8,10H,1,9H2,2-5H3. The Kier molecular flexibility index (Phi) is 3.94. The summed E-state index contributed by atoms with van der Waals surface area (Å²) >= 11 is 0. The van der Waals surface area contributed by atoms with Gasteiger partial charge in [-0.25, -0.2) is 4.39 Å². The van der Waals surface area contributed by atoms with Gasteiger partial charge in [-0.3, -0.25) is 0 Å². The van der Waals surface area contributed by atoms with Crippen molar-refractivity contribution in [3.05, 3.63) is 36.7 Å². The molecule has 0 saturated carbocycles. The Bertz CT molecular complexity index is 498. The fourth-order valence-corrected chi connectivity index (χ4v) is 1.95. The minimum Gasteiger partial charge on any atom is -0.490 e. The highest BCUT2D eigenvalue weighted by Gasteiger charge is 2.52. The van der Waals surface area contributed by atoms with Crippen molar-refractivity contribution in [1.29, 1.82) is 0 Å². The maximum atomic E-state index is 13.5. The van der Waals surface area contributed by atoms with Gasteiger partial charge in [0.05, 0.1) is 11.2 Å². The average molecular weight is 278 g/mol. The summed E-state index contributed by atoms with van der Waals surface area (Å²) < 4.78 is 30.9. The predicted octanol–water partition coefficient (Wildman–Crippen LogP) is 2.69. The lowest BCUT2D eigenvalue weighted by molar-refractivity contribution is 0.00578. The van der Waals surface area contributed by atoms with E-state index in [0.29, 0.717) is 17.8 Å². The lowest BCUT2D eigenvalue weighted by atomic mass is 9.78. The topological polar surface area (TPSA) is 27.7 Å². The van der Waals surface area contributed by atoms with E-state index in [2.05, 4.69) is 6.58 Å². The second kappa shape index (κ2) is 5.22. The normalized spacial score (nSPS) is 19.9. The van der Waals surface area contributed by atoms with Gasteiger partial charge in [-0.15, -0.1) is 0 Å². The van der Waals surface area contributed by atoms with Gasteiger partial charge >= 0.3 is 7.12 Å². The van der Waals surface area contributed by atoms with Crippen LogP contribution in [0.25, 0.3) is 0 Å². The highest BCUT2D eigenvalue weighted by atomic mass is 19.1. The van der Waals surface area contributed by atoms with E-state index in [-0.39, 0.29) is 5.82 Å². The van der Waals surface area contributed by atoms with Crippen LogP contribution in [0.4, 0.5) is 4.39 Å². The van der Waals surface area contributed by atoms with E-state index in [1.807, 2.05) is 27.7 Å². The Morgan fingerprint density at radius 3 is 2.40 bits per heavy atom. The van der Waals surface area contributed by atoms with Crippen molar-refractivity contribution in [2.24, 2.45) is 0 Å². The quantitative estimate of drug-likeness (QED) is 0.626. The summed E-state index contributed by atoms with van der Waals surface area (Å²) in [5.41, 5.74) is -0.384.